The fraction of sp³-hybridized carbons (Fsp3) is 0.217. The molecule has 0 saturated carbocycles. The summed E-state index contributed by atoms with van der Waals surface area (Å²) in [6.07, 6.45) is -4.66. The molecule has 11 heteroatoms. The summed E-state index contributed by atoms with van der Waals surface area (Å²) in [7, 11) is -3.97. The minimum Gasteiger partial charge on any atom is -0.332 e. The molecule has 3 aromatic carbocycles. The Morgan fingerprint density at radius 2 is 1.68 bits per heavy atom. The number of nitrogens with zero attached hydrogens (tertiary/aromatic N) is 2. The number of likely N-dealkylation sites (N-methyl/N-ethyl adjacent to an activating group) is 1. The largest absolute Gasteiger partial charge is 0.418 e. The molecular weight excluding hydrogens is 471 g/mol. The summed E-state index contributed by atoms with van der Waals surface area (Å²) in [6.45, 7) is 0.559. The third-order valence-corrected chi connectivity index (χ3v) is 7.34. The van der Waals surface area contributed by atoms with Crippen molar-refractivity contribution < 1.29 is 31.2 Å². The molecule has 1 aliphatic heterocycles. The van der Waals surface area contributed by atoms with Crippen LogP contribution in [0.4, 0.5) is 24.5 Å². The zero-order valence-electron chi connectivity index (χ0n) is 18.0. The van der Waals surface area contributed by atoms with Crippen LogP contribution in [0.5, 0.6) is 0 Å². The van der Waals surface area contributed by atoms with Gasteiger partial charge in [-0.2, -0.15) is 13.2 Å². The first-order valence-electron chi connectivity index (χ1n) is 10.3. The van der Waals surface area contributed by atoms with Gasteiger partial charge in [-0.25, -0.2) is 8.42 Å². The van der Waals surface area contributed by atoms with E-state index in [1.807, 2.05) is 0 Å². The van der Waals surface area contributed by atoms with E-state index in [9.17, 15) is 31.2 Å². The lowest BCUT2D eigenvalue weighted by Crippen LogP contribution is -2.44. The molecular formula is C23H20F3N3O4S. The van der Waals surface area contributed by atoms with Crippen molar-refractivity contribution in [3.63, 3.8) is 0 Å². The summed E-state index contributed by atoms with van der Waals surface area (Å²) in [5, 5.41) is 3.42. The molecule has 1 heterocycles. The number of para-hydroxylation sites is 1. The lowest BCUT2D eigenvalue weighted by atomic mass is 10.1. The van der Waals surface area contributed by atoms with Crippen LogP contribution >= 0.6 is 0 Å². The van der Waals surface area contributed by atoms with Crippen LogP contribution < -0.4 is 9.62 Å². The Balaban J connectivity index is 1.52. The lowest BCUT2D eigenvalue weighted by Gasteiger charge is -2.25. The molecule has 0 atom stereocenters. The Morgan fingerprint density at radius 3 is 2.35 bits per heavy atom. The van der Waals surface area contributed by atoms with Gasteiger partial charge in [-0.3, -0.25) is 13.9 Å². The molecule has 0 fully saturated rings. The molecule has 1 N–H and O–H groups in total. The van der Waals surface area contributed by atoms with Gasteiger partial charge in [0.2, 0.25) is 11.8 Å². The van der Waals surface area contributed by atoms with E-state index in [0.29, 0.717) is 16.5 Å². The Kier molecular flexibility index (Phi) is 5.98. The van der Waals surface area contributed by atoms with Crippen LogP contribution in [0.2, 0.25) is 0 Å². The van der Waals surface area contributed by atoms with Crippen LogP contribution in [0, 0.1) is 0 Å². The number of benzene rings is 3. The second-order valence-corrected chi connectivity index (χ2v) is 9.47. The summed E-state index contributed by atoms with van der Waals surface area (Å²) < 4.78 is 66.7. The fourth-order valence-corrected chi connectivity index (χ4v) is 5.59. The van der Waals surface area contributed by atoms with Crippen LogP contribution in [0.15, 0.2) is 65.6 Å². The maximum Gasteiger partial charge on any atom is 0.418 e. The summed E-state index contributed by atoms with van der Waals surface area (Å²) in [5.41, 5.74) is -1.07. The minimum absolute atomic E-state index is 0.0538. The SMILES string of the molecule is CCN(CC(=O)Nc1ccccc1C(F)(F)F)C(=O)CN1c2cccc3cccc(c23)S1(=O)=O. The summed E-state index contributed by atoms with van der Waals surface area (Å²) in [4.78, 5) is 26.6. The van der Waals surface area contributed by atoms with Gasteiger partial charge >= 0.3 is 6.18 Å². The molecule has 7 nitrogen and oxygen atoms in total. The van der Waals surface area contributed by atoms with E-state index in [1.54, 1.807) is 37.3 Å². The number of nitrogens with one attached hydrogen (secondary N) is 1. The average molecular weight is 491 g/mol. The molecule has 1 aliphatic rings. The monoisotopic (exact) mass is 491 g/mol. The number of carbonyl (C=O) groups excluding carboxylic acids is 2. The quantitative estimate of drug-likeness (QED) is 0.568. The van der Waals surface area contributed by atoms with Gasteiger partial charge in [0.15, 0.2) is 0 Å². The van der Waals surface area contributed by atoms with Gasteiger partial charge in [0.1, 0.15) is 6.54 Å². The Labute approximate surface area is 193 Å². The molecule has 3 aromatic rings. The highest BCUT2D eigenvalue weighted by atomic mass is 32.2. The smallest absolute Gasteiger partial charge is 0.332 e. The number of amides is 2. The number of hydrogen-bond acceptors (Lipinski definition) is 4. The van der Waals surface area contributed by atoms with E-state index >= 15 is 0 Å². The molecule has 0 aliphatic carbocycles. The highest BCUT2D eigenvalue weighted by Gasteiger charge is 2.38. The van der Waals surface area contributed by atoms with E-state index in [4.69, 9.17) is 0 Å². The molecule has 0 radical (unpaired) electrons. The summed E-state index contributed by atoms with van der Waals surface area (Å²) in [6, 6.07) is 14.4. The van der Waals surface area contributed by atoms with Gasteiger partial charge in [0, 0.05) is 11.9 Å². The van der Waals surface area contributed by atoms with E-state index in [-0.39, 0.29) is 11.4 Å². The van der Waals surface area contributed by atoms with Crippen molar-refractivity contribution >= 4 is 44.0 Å². The average Bonchev–Trinajstić information content (AvgIpc) is 3.00. The van der Waals surface area contributed by atoms with Crippen molar-refractivity contribution in [2.75, 3.05) is 29.3 Å². The third-order valence-electron chi connectivity index (χ3n) is 5.54. The predicted octanol–water partition coefficient (Wildman–Crippen LogP) is 3.85. The number of sulfonamides is 1. The molecule has 0 aromatic heterocycles. The molecule has 0 spiro atoms. The van der Waals surface area contributed by atoms with Crippen molar-refractivity contribution in [1.29, 1.82) is 0 Å². The van der Waals surface area contributed by atoms with Crippen molar-refractivity contribution in [2.45, 2.75) is 18.0 Å². The summed E-state index contributed by atoms with van der Waals surface area (Å²) >= 11 is 0. The van der Waals surface area contributed by atoms with E-state index < -0.39 is 52.4 Å². The van der Waals surface area contributed by atoms with Gasteiger partial charge in [0.25, 0.3) is 10.0 Å². The Morgan fingerprint density at radius 1 is 1.00 bits per heavy atom. The molecule has 4 rings (SSSR count). The van der Waals surface area contributed by atoms with Crippen LogP contribution in [0.1, 0.15) is 12.5 Å². The van der Waals surface area contributed by atoms with Gasteiger partial charge < -0.3 is 10.2 Å². The standard InChI is InChI=1S/C23H20F3N3O4S/c1-2-28(13-20(30)27-17-10-4-3-9-16(17)23(24,25)26)21(31)14-29-18-11-5-7-15-8-6-12-19(22(15)18)34(29,32)33/h3-12H,2,13-14H2,1H3,(H,27,30). The second kappa shape index (κ2) is 8.64. The molecule has 0 unspecified atom stereocenters. The van der Waals surface area contributed by atoms with Gasteiger partial charge in [-0.15, -0.1) is 0 Å². The number of anilines is 2. The van der Waals surface area contributed by atoms with Crippen molar-refractivity contribution in [3.05, 3.63) is 66.2 Å². The second-order valence-electron chi connectivity index (χ2n) is 7.64. The van der Waals surface area contributed by atoms with E-state index in [0.717, 1.165) is 21.3 Å². The topological polar surface area (TPSA) is 86.8 Å². The molecule has 2 amide bonds. The normalized spacial score (nSPS) is 14.3. The number of hydrogen-bond donors (Lipinski definition) is 1. The van der Waals surface area contributed by atoms with Crippen LogP contribution in [0.3, 0.4) is 0 Å². The third kappa shape index (κ3) is 4.18. The van der Waals surface area contributed by atoms with Crippen LogP contribution in [0.25, 0.3) is 10.8 Å². The highest BCUT2D eigenvalue weighted by molar-refractivity contribution is 7.93. The first-order chi connectivity index (χ1) is 16.0. The van der Waals surface area contributed by atoms with Gasteiger partial charge in [0.05, 0.1) is 28.4 Å². The van der Waals surface area contributed by atoms with Crippen molar-refractivity contribution in [1.82, 2.24) is 4.90 Å². The maximum absolute atomic E-state index is 13.2. The number of carbonyl (C=O) groups is 2. The van der Waals surface area contributed by atoms with E-state index in [2.05, 4.69) is 5.32 Å². The lowest BCUT2D eigenvalue weighted by molar-refractivity contribution is -0.137. The Hall–Kier alpha value is -3.60. The number of rotatable bonds is 6. The maximum atomic E-state index is 13.2. The molecule has 0 bridgehead atoms. The first kappa shape index (κ1) is 23.6. The molecule has 178 valence electrons. The van der Waals surface area contributed by atoms with Crippen molar-refractivity contribution in [3.8, 4) is 0 Å². The zero-order valence-corrected chi connectivity index (χ0v) is 18.8. The number of halogens is 3. The molecule has 0 saturated heterocycles. The first-order valence-corrected chi connectivity index (χ1v) is 11.8. The highest BCUT2D eigenvalue weighted by Crippen LogP contribution is 2.41. The summed E-state index contributed by atoms with van der Waals surface area (Å²) in [5.74, 6) is -1.49. The van der Waals surface area contributed by atoms with E-state index in [1.165, 1.54) is 18.2 Å². The fourth-order valence-electron chi connectivity index (χ4n) is 3.93. The number of alkyl halides is 3. The minimum atomic E-state index is -4.66. The van der Waals surface area contributed by atoms with Crippen molar-refractivity contribution in [2.24, 2.45) is 0 Å². The zero-order chi connectivity index (χ0) is 24.7. The predicted molar refractivity (Wildman–Crippen MR) is 121 cm³/mol. The van der Waals surface area contributed by atoms with Gasteiger partial charge in [-0.05, 0) is 36.6 Å². The van der Waals surface area contributed by atoms with Crippen LogP contribution in [-0.4, -0.2) is 44.8 Å². The van der Waals surface area contributed by atoms with Gasteiger partial charge in [-0.1, -0.05) is 36.4 Å². The molecule has 34 heavy (non-hydrogen) atoms. The van der Waals surface area contributed by atoms with Crippen LogP contribution in [-0.2, 0) is 25.8 Å². The Bertz CT molecular complexity index is 1380.